The number of benzene rings is 2. The number of carbonyl (C=O) groups excluding carboxylic acids is 4. The number of unbranched alkanes of at least 4 members (excludes halogenated alkanes) is 2. The van der Waals surface area contributed by atoms with E-state index in [9.17, 15) is 19.2 Å². The molecule has 2 atom stereocenters. The van der Waals surface area contributed by atoms with Crippen LogP contribution in [0.5, 0.6) is 23.0 Å². The Morgan fingerprint density at radius 3 is 1.65 bits per heavy atom. The molecule has 4 rings (SSSR count). The van der Waals surface area contributed by atoms with Crippen LogP contribution in [0.1, 0.15) is 143 Å². The highest BCUT2D eigenvalue weighted by Crippen LogP contribution is 2.43. The highest BCUT2D eigenvalue weighted by Gasteiger charge is 2.45. The summed E-state index contributed by atoms with van der Waals surface area (Å²) in [7, 11) is 2.14. The number of carbonyl (C=O) groups is 4. The SMILES string of the molecule is C=C1C[C@@H](CO[Si](C)(C)C(C)(C)C)N(C(=O)c2cc(OC)c(OCCCCCOc3cc(NC(=O)OCCSSC(C)C)c(C(=O)N4CC(C)(C)C[C@H]4CO[Si](C)(C)C(C)(C)C)cc3OC)cc2NC(=O)OC(C)(C)C)C1. The molecule has 77 heavy (non-hydrogen) atoms. The zero-order valence-corrected chi connectivity index (χ0v) is 53.7. The average molecular weight is 1150 g/mol. The second-order valence-corrected chi connectivity index (χ2v) is 38.0. The lowest BCUT2D eigenvalue weighted by atomic mass is 9.91. The van der Waals surface area contributed by atoms with Crippen LogP contribution in [0, 0.1) is 5.41 Å². The van der Waals surface area contributed by atoms with Gasteiger partial charge in [0.2, 0.25) is 0 Å². The minimum atomic E-state index is -2.12. The van der Waals surface area contributed by atoms with Crippen molar-refractivity contribution in [2.45, 2.75) is 181 Å². The van der Waals surface area contributed by atoms with Gasteiger partial charge in [-0.25, -0.2) is 9.59 Å². The van der Waals surface area contributed by atoms with Gasteiger partial charge < -0.3 is 47.1 Å². The van der Waals surface area contributed by atoms with Crippen molar-refractivity contribution in [1.29, 1.82) is 0 Å². The summed E-state index contributed by atoms with van der Waals surface area (Å²) in [5.74, 6) is 1.43. The Balaban J connectivity index is 1.51. The van der Waals surface area contributed by atoms with Crippen molar-refractivity contribution in [2.24, 2.45) is 5.41 Å². The molecule has 0 aliphatic carbocycles. The van der Waals surface area contributed by atoms with Gasteiger partial charge in [0.25, 0.3) is 11.8 Å². The third kappa shape index (κ3) is 19.3. The van der Waals surface area contributed by atoms with Crippen molar-refractivity contribution in [1.82, 2.24) is 9.80 Å². The van der Waals surface area contributed by atoms with E-state index in [-0.39, 0.29) is 75.1 Å². The lowest BCUT2D eigenvalue weighted by molar-refractivity contribution is 0.0633. The summed E-state index contributed by atoms with van der Waals surface area (Å²) in [6, 6.07) is 6.07. The number of methoxy groups -OCH3 is 2. The molecule has 434 valence electrons. The van der Waals surface area contributed by atoms with E-state index in [0.29, 0.717) is 92.6 Å². The van der Waals surface area contributed by atoms with Gasteiger partial charge in [0.1, 0.15) is 12.2 Å². The number of ether oxygens (including phenoxy) is 6. The summed E-state index contributed by atoms with van der Waals surface area (Å²) in [4.78, 5) is 59.5. The lowest BCUT2D eigenvalue weighted by Crippen LogP contribution is -2.46. The van der Waals surface area contributed by atoms with Crippen molar-refractivity contribution >= 4 is 73.6 Å². The number of hydrogen-bond acceptors (Lipinski definition) is 14. The Hall–Kier alpha value is -4.09. The molecule has 2 aliphatic rings. The minimum Gasteiger partial charge on any atom is -0.493 e. The largest absolute Gasteiger partial charge is 0.493 e. The molecule has 16 nitrogen and oxygen atoms in total. The standard InChI is InChI=1S/C57H94N4O12S2Si2/c1-38(2)75-74-27-26-70-52(64)58-44-31-48(47(67-16)30-43(44)51(63)61-37-57(13,14)33-41(61)36-72-77(19,20)56(10,11)12)68-24-22-21-23-25-69-49-32-45(59-53(65)73-54(4,5)6)42(29-46(49)66-15)50(62)60-34-39(3)28-40(60)35-71-76(17,18)55(7,8)9/h29-32,38,40-41H,3,21-28,33-37H2,1-2,4-20H3,(H,58,64)(H,59,65)/t40-,41-/m0/s1. The van der Waals surface area contributed by atoms with Crippen molar-refractivity contribution in [3.8, 4) is 23.0 Å². The first kappa shape index (κ1) is 65.4. The summed E-state index contributed by atoms with van der Waals surface area (Å²) in [6.07, 6.45) is 1.93. The summed E-state index contributed by atoms with van der Waals surface area (Å²) < 4.78 is 48.6. The monoisotopic (exact) mass is 1150 g/mol. The minimum absolute atomic E-state index is 0.00503. The molecule has 2 heterocycles. The maximum Gasteiger partial charge on any atom is 0.412 e. The van der Waals surface area contributed by atoms with E-state index >= 15 is 0 Å². The smallest absolute Gasteiger partial charge is 0.412 e. The van der Waals surface area contributed by atoms with Gasteiger partial charge >= 0.3 is 12.2 Å². The zero-order chi connectivity index (χ0) is 57.9. The molecular formula is C57H94N4O12S2Si2. The summed E-state index contributed by atoms with van der Waals surface area (Å²) >= 11 is 0. The lowest BCUT2D eigenvalue weighted by Gasteiger charge is -2.38. The van der Waals surface area contributed by atoms with Crippen LogP contribution in [0.3, 0.4) is 0 Å². The van der Waals surface area contributed by atoms with Gasteiger partial charge in [-0.05, 0) is 107 Å². The fourth-order valence-electron chi connectivity index (χ4n) is 8.29. The number of hydrogen-bond donors (Lipinski definition) is 2. The molecule has 2 aliphatic heterocycles. The van der Waals surface area contributed by atoms with Crippen molar-refractivity contribution in [3.63, 3.8) is 0 Å². The molecule has 0 radical (unpaired) electrons. The van der Waals surface area contributed by atoms with E-state index in [1.165, 1.54) is 14.2 Å². The average Bonchev–Trinajstić information content (AvgIpc) is 3.85. The van der Waals surface area contributed by atoms with Gasteiger partial charge in [-0.3, -0.25) is 20.2 Å². The van der Waals surface area contributed by atoms with E-state index < -0.39 is 34.4 Å². The van der Waals surface area contributed by atoms with Crippen molar-refractivity contribution in [2.75, 3.05) is 76.7 Å². The highest BCUT2D eigenvalue weighted by atomic mass is 33.1. The second-order valence-electron chi connectivity index (χ2n) is 25.3. The molecule has 4 amide bonds. The van der Waals surface area contributed by atoms with Gasteiger partial charge in [0, 0.05) is 36.2 Å². The van der Waals surface area contributed by atoms with Crippen LogP contribution in [0.15, 0.2) is 36.4 Å². The molecule has 0 saturated carbocycles. The molecule has 2 saturated heterocycles. The van der Waals surface area contributed by atoms with E-state index in [1.54, 1.807) is 71.5 Å². The van der Waals surface area contributed by atoms with Crippen LogP contribution in [-0.2, 0) is 18.3 Å². The third-order valence-corrected chi connectivity index (χ3v) is 26.4. The Bertz CT molecular complexity index is 2360. The predicted octanol–water partition coefficient (Wildman–Crippen LogP) is 14.1. The topological polar surface area (TPSA) is 173 Å². The maximum atomic E-state index is 14.7. The second kappa shape index (κ2) is 27.4. The number of anilines is 2. The van der Waals surface area contributed by atoms with Gasteiger partial charge in [0.15, 0.2) is 39.6 Å². The number of rotatable bonds is 25. The molecule has 0 aromatic heterocycles. The van der Waals surface area contributed by atoms with E-state index in [1.807, 2.05) is 4.90 Å². The Morgan fingerprint density at radius 2 is 1.18 bits per heavy atom. The highest BCUT2D eigenvalue weighted by molar-refractivity contribution is 8.76. The normalized spacial score (nSPS) is 17.1. The first-order valence-electron chi connectivity index (χ1n) is 27.1. The van der Waals surface area contributed by atoms with Crippen LogP contribution in [0.2, 0.25) is 36.3 Å². The molecule has 20 heteroatoms. The summed E-state index contributed by atoms with van der Waals surface area (Å²) in [5.41, 5.74) is 0.942. The fraction of sp³-hybridized carbons (Fsp3) is 0.684. The molecule has 0 unspecified atom stereocenters. The van der Waals surface area contributed by atoms with Gasteiger partial charge in [0.05, 0.1) is 75.2 Å². The predicted molar refractivity (Wildman–Crippen MR) is 319 cm³/mol. The molecule has 2 N–H and O–H groups in total. The molecule has 2 aromatic rings. The first-order valence-corrected chi connectivity index (χ1v) is 35.3. The number of nitrogens with one attached hydrogen (secondary N) is 2. The number of likely N-dealkylation sites (tertiary alicyclic amines) is 2. The van der Waals surface area contributed by atoms with E-state index in [4.69, 9.17) is 37.3 Å². The molecule has 0 bridgehead atoms. The Morgan fingerprint density at radius 1 is 0.701 bits per heavy atom. The summed E-state index contributed by atoms with van der Waals surface area (Å²) in [5, 5.41) is 6.10. The van der Waals surface area contributed by atoms with Crippen LogP contribution < -0.4 is 29.6 Å². The van der Waals surface area contributed by atoms with Gasteiger partial charge in [-0.2, -0.15) is 0 Å². The Kier molecular flexibility index (Phi) is 23.3. The van der Waals surface area contributed by atoms with Crippen LogP contribution in [0.25, 0.3) is 0 Å². The number of nitrogens with zero attached hydrogens (tertiary/aromatic N) is 2. The van der Waals surface area contributed by atoms with Crippen molar-refractivity contribution < 1.29 is 56.5 Å². The zero-order valence-electron chi connectivity index (χ0n) is 50.1. The molecule has 2 aromatic carbocycles. The maximum absolute atomic E-state index is 14.7. The summed E-state index contributed by atoms with van der Waals surface area (Å²) in [6.45, 7) is 42.5. The molecular weight excluding hydrogens is 1050 g/mol. The Labute approximate surface area is 471 Å². The van der Waals surface area contributed by atoms with Gasteiger partial charge in [-0.15, -0.1) is 0 Å². The van der Waals surface area contributed by atoms with Crippen LogP contribution in [-0.4, -0.2) is 139 Å². The number of amides is 4. The van der Waals surface area contributed by atoms with E-state index in [0.717, 1.165) is 12.0 Å². The van der Waals surface area contributed by atoms with E-state index in [2.05, 4.69) is 113 Å². The quantitative estimate of drug-likeness (QED) is 0.0416. The van der Waals surface area contributed by atoms with Gasteiger partial charge in [-0.1, -0.05) is 103 Å². The van der Waals surface area contributed by atoms with Crippen LogP contribution >= 0.6 is 21.6 Å². The van der Waals surface area contributed by atoms with Crippen molar-refractivity contribution in [3.05, 3.63) is 47.5 Å². The first-order chi connectivity index (χ1) is 35.6. The fourth-order valence-corrected chi connectivity index (χ4v) is 12.2. The third-order valence-electron chi connectivity index (χ3n) is 14.5. The molecule has 0 spiro atoms. The molecule has 2 fully saturated rings. The van der Waals surface area contributed by atoms with Crippen LogP contribution in [0.4, 0.5) is 21.0 Å².